The third-order valence-electron chi connectivity index (χ3n) is 5.52. The Balaban J connectivity index is 1.57. The van der Waals surface area contributed by atoms with Gasteiger partial charge in [-0.25, -0.2) is 15.4 Å². The smallest absolute Gasteiger partial charge is 0.277 e. The first kappa shape index (κ1) is 18.1. The van der Waals surface area contributed by atoms with Crippen LogP contribution in [0.25, 0.3) is 16.6 Å². The molecule has 0 saturated heterocycles. The Labute approximate surface area is 172 Å². The maximum absolute atomic E-state index is 11.5. The monoisotopic (exact) mass is 400 g/mol. The minimum Gasteiger partial charge on any atom is -0.397 e. The summed E-state index contributed by atoms with van der Waals surface area (Å²) >= 11 is 0. The van der Waals surface area contributed by atoms with Gasteiger partial charge in [0.1, 0.15) is 0 Å². The molecular weight excluding hydrogens is 380 g/mol. The number of nitrogen functional groups attached to an aromatic ring is 1. The highest BCUT2D eigenvalue weighted by Crippen LogP contribution is 2.35. The molecule has 0 unspecified atom stereocenters. The third kappa shape index (κ3) is 2.85. The van der Waals surface area contributed by atoms with Crippen LogP contribution in [-0.2, 0) is 13.0 Å². The molecular formula is C22H20N6O2. The molecule has 0 saturated carbocycles. The molecule has 30 heavy (non-hydrogen) atoms. The van der Waals surface area contributed by atoms with Gasteiger partial charge in [-0.05, 0) is 18.2 Å². The zero-order valence-corrected chi connectivity index (χ0v) is 16.1. The number of para-hydroxylation sites is 3. The largest absolute Gasteiger partial charge is 0.397 e. The zero-order chi connectivity index (χ0) is 20.7. The van der Waals surface area contributed by atoms with Gasteiger partial charge in [0.2, 0.25) is 5.95 Å². The molecule has 5 rings (SSSR count). The normalized spacial score (nSPS) is 13.3. The molecule has 150 valence electrons. The molecule has 0 atom stereocenters. The van der Waals surface area contributed by atoms with Crippen LogP contribution in [-0.4, -0.2) is 32.2 Å². The average molecular weight is 400 g/mol. The summed E-state index contributed by atoms with van der Waals surface area (Å²) in [5.41, 5.74) is 13.4. The number of anilines is 2. The lowest BCUT2D eigenvalue weighted by Gasteiger charge is -2.28. The summed E-state index contributed by atoms with van der Waals surface area (Å²) in [6.07, 6.45) is 3.63. The van der Waals surface area contributed by atoms with E-state index in [-0.39, 0.29) is 5.56 Å². The topological polar surface area (TPSA) is 109 Å². The number of benzene rings is 2. The number of carbonyl (C=O) groups excluding carboxylic acids is 1. The van der Waals surface area contributed by atoms with Crippen LogP contribution in [0.3, 0.4) is 0 Å². The maximum Gasteiger partial charge on any atom is 0.277 e. The van der Waals surface area contributed by atoms with E-state index in [0.717, 1.165) is 29.9 Å². The van der Waals surface area contributed by atoms with Gasteiger partial charge < -0.3 is 15.2 Å². The van der Waals surface area contributed by atoms with Gasteiger partial charge in [0.15, 0.2) is 0 Å². The molecule has 8 heteroatoms. The lowest BCUT2D eigenvalue weighted by atomic mass is 10.0. The summed E-state index contributed by atoms with van der Waals surface area (Å²) in [5.74, 6) is -0.0859. The summed E-state index contributed by atoms with van der Waals surface area (Å²) in [4.78, 5) is 22.2. The van der Waals surface area contributed by atoms with Crippen molar-refractivity contribution in [3.8, 4) is 5.69 Å². The first-order valence-corrected chi connectivity index (χ1v) is 9.65. The Morgan fingerprint density at radius 1 is 1.07 bits per heavy atom. The molecule has 0 aliphatic carbocycles. The van der Waals surface area contributed by atoms with Crippen LogP contribution in [0.5, 0.6) is 0 Å². The van der Waals surface area contributed by atoms with E-state index < -0.39 is 5.91 Å². The number of hydrogen-bond acceptors (Lipinski definition) is 6. The Bertz CT molecular complexity index is 1250. The lowest BCUT2D eigenvalue weighted by Crippen LogP contribution is -2.32. The minimum absolute atomic E-state index is 0.204. The van der Waals surface area contributed by atoms with Crippen molar-refractivity contribution in [1.29, 1.82) is 0 Å². The van der Waals surface area contributed by atoms with Crippen molar-refractivity contribution in [2.75, 3.05) is 17.2 Å². The molecule has 0 spiro atoms. The quantitative estimate of drug-likeness (QED) is 0.277. The molecule has 0 fully saturated rings. The van der Waals surface area contributed by atoms with Crippen LogP contribution in [0.2, 0.25) is 0 Å². The molecule has 8 nitrogen and oxygen atoms in total. The second-order valence-corrected chi connectivity index (χ2v) is 7.22. The van der Waals surface area contributed by atoms with Crippen molar-refractivity contribution < 1.29 is 10.0 Å². The van der Waals surface area contributed by atoms with Gasteiger partial charge >= 0.3 is 0 Å². The lowest BCUT2D eigenvalue weighted by molar-refractivity contribution is 0.0705. The molecule has 4 N–H and O–H groups in total. The second-order valence-electron chi connectivity index (χ2n) is 7.22. The molecule has 4 aromatic rings. The molecule has 0 bridgehead atoms. The molecule has 2 aromatic heterocycles. The highest BCUT2D eigenvalue weighted by molar-refractivity contribution is 5.92. The average Bonchev–Trinajstić information content (AvgIpc) is 3.12. The van der Waals surface area contributed by atoms with E-state index in [4.69, 9.17) is 10.9 Å². The van der Waals surface area contributed by atoms with Crippen LogP contribution in [0.4, 0.5) is 11.6 Å². The van der Waals surface area contributed by atoms with Crippen LogP contribution >= 0.6 is 0 Å². The number of amides is 1. The van der Waals surface area contributed by atoms with Gasteiger partial charge in [-0.3, -0.25) is 10.0 Å². The first-order chi connectivity index (χ1) is 14.7. The van der Waals surface area contributed by atoms with E-state index >= 15 is 0 Å². The van der Waals surface area contributed by atoms with Crippen LogP contribution in [0.1, 0.15) is 21.6 Å². The van der Waals surface area contributed by atoms with E-state index in [9.17, 15) is 4.79 Å². The Kier molecular flexibility index (Phi) is 4.33. The molecule has 1 aliphatic heterocycles. The van der Waals surface area contributed by atoms with E-state index in [0.29, 0.717) is 12.5 Å². The van der Waals surface area contributed by atoms with Crippen molar-refractivity contribution in [2.45, 2.75) is 13.0 Å². The summed E-state index contributed by atoms with van der Waals surface area (Å²) < 4.78 is 2.26. The second kappa shape index (κ2) is 7.16. The number of nitrogens with one attached hydrogen (secondary N) is 1. The van der Waals surface area contributed by atoms with Crippen molar-refractivity contribution in [3.05, 3.63) is 77.7 Å². The molecule has 2 aromatic carbocycles. The van der Waals surface area contributed by atoms with Gasteiger partial charge in [-0.15, -0.1) is 0 Å². The van der Waals surface area contributed by atoms with E-state index in [1.807, 2.05) is 36.4 Å². The van der Waals surface area contributed by atoms with E-state index in [1.165, 1.54) is 29.0 Å². The van der Waals surface area contributed by atoms with Crippen LogP contribution in [0, 0.1) is 0 Å². The maximum atomic E-state index is 11.5. The van der Waals surface area contributed by atoms with Crippen LogP contribution in [0.15, 0.2) is 60.9 Å². The number of hydroxylamine groups is 1. The summed E-state index contributed by atoms with van der Waals surface area (Å²) in [5, 5.41) is 9.93. The zero-order valence-electron chi connectivity index (χ0n) is 16.1. The van der Waals surface area contributed by atoms with Crippen molar-refractivity contribution in [2.24, 2.45) is 0 Å². The molecule has 0 radical (unpaired) electrons. The first-order valence-electron chi connectivity index (χ1n) is 9.65. The number of rotatable bonds is 3. The predicted octanol–water partition coefficient (Wildman–Crippen LogP) is 2.68. The number of carbonyl (C=O) groups is 1. The Morgan fingerprint density at radius 3 is 2.57 bits per heavy atom. The molecule has 1 amide bonds. The fourth-order valence-electron chi connectivity index (χ4n) is 4.11. The summed E-state index contributed by atoms with van der Waals surface area (Å²) in [6, 6.07) is 16.2. The van der Waals surface area contributed by atoms with Crippen molar-refractivity contribution in [3.63, 3.8) is 0 Å². The van der Waals surface area contributed by atoms with Gasteiger partial charge in [0.25, 0.3) is 5.91 Å². The molecule has 3 heterocycles. The van der Waals surface area contributed by atoms with E-state index in [1.54, 1.807) is 5.48 Å². The fourth-order valence-corrected chi connectivity index (χ4v) is 4.11. The summed E-state index contributed by atoms with van der Waals surface area (Å²) in [7, 11) is 0. The molecule has 1 aliphatic rings. The number of nitrogens with two attached hydrogens (primary N) is 1. The Hall–Kier alpha value is -3.91. The minimum atomic E-state index is -0.633. The summed E-state index contributed by atoms with van der Waals surface area (Å²) in [6.45, 7) is 1.39. The number of hydrogen-bond donors (Lipinski definition) is 3. The van der Waals surface area contributed by atoms with Crippen molar-refractivity contribution >= 4 is 28.4 Å². The van der Waals surface area contributed by atoms with Gasteiger partial charge in [0, 0.05) is 48.5 Å². The van der Waals surface area contributed by atoms with Gasteiger partial charge in [-0.2, -0.15) is 0 Å². The SMILES string of the molecule is Nc1ccccc1-n1c2c(c3ccccc31)CN(c1ncc(C(=O)NO)cn1)CC2. The van der Waals surface area contributed by atoms with Gasteiger partial charge in [0.05, 0.1) is 22.5 Å². The number of aromatic nitrogens is 3. The fraction of sp³-hybridized carbons (Fsp3) is 0.136. The predicted molar refractivity (Wildman–Crippen MR) is 114 cm³/mol. The number of fused-ring (bicyclic) bond motifs is 3. The van der Waals surface area contributed by atoms with Crippen molar-refractivity contribution in [1.82, 2.24) is 20.0 Å². The van der Waals surface area contributed by atoms with Gasteiger partial charge in [-0.1, -0.05) is 30.3 Å². The number of nitrogens with zero attached hydrogens (tertiary/aromatic N) is 4. The highest BCUT2D eigenvalue weighted by Gasteiger charge is 2.26. The van der Waals surface area contributed by atoms with Crippen LogP contribution < -0.4 is 16.1 Å². The standard InChI is InChI=1S/C22H20N6O2/c23-17-6-2-4-8-20(17)28-18-7-3-1-5-15(18)16-13-27(10-9-19(16)28)22-24-11-14(12-25-22)21(29)26-30/h1-8,11-12,30H,9-10,13,23H2,(H,26,29). The highest BCUT2D eigenvalue weighted by atomic mass is 16.5. The Morgan fingerprint density at radius 2 is 1.80 bits per heavy atom. The third-order valence-corrected chi connectivity index (χ3v) is 5.52. The van der Waals surface area contributed by atoms with E-state index in [2.05, 4.69) is 31.6 Å².